The lowest BCUT2D eigenvalue weighted by Crippen LogP contribution is -2.34. The van der Waals surface area contributed by atoms with Gasteiger partial charge in [-0.2, -0.15) is 0 Å². The SMILES string of the molecule is CC1OCCC1CNC1CCS(=O)(=O)c2ccc(F)cc21. The number of hydrogen-bond donors (Lipinski definition) is 1. The van der Waals surface area contributed by atoms with Crippen molar-refractivity contribution >= 4 is 9.84 Å². The summed E-state index contributed by atoms with van der Waals surface area (Å²) in [5.74, 6) is 0.149. The van der Waals surface area contributed by atoms with Gasteiger partial charge in [-0.05, 0) is 49.4 Å². The van der Waals surface area contributed by atoms with Crippen molar-refractivity contribution in [2.75, 3.05) is 18.9 Å². The number of nitrogens with one attached hydrogen (secondary N) is 1. The van der Waals surface area contributed by atoms with Gasteiger partial charge in [-0.3, -0.25) is 0 Å². The molecule has 4 nitrogen and oxygen atoms in total. The van der Waals surface area contributed by atoms with Gasteiger partial charge in [0, 0.05) is 19.2 Å². The van der Waals surface area contributed by atoms with Crippen LogP contribution in [0, 0.1) is 11.7 Å². The summed E-state index contributed by atoms with van der Waals surface area (Å²) in [5, 5.41) is 3.40. The zero-order valence-corrected chi connectivity index (χ0v) is 12.8. The molecule has 6 heteroatoms. The highest BCUT2D eigenvalue weighted by atomic mass is 32.2. The molecule has 3 unspecified atom stereocenters. The van der Waals surface area contributed by atoms with Gasteiger partial charge >= 0.3 is 0 Å². The molecular formula is C15H20FNO3S. The molecule has 0 amide bonds. The van der Waals surface area contributed by atoms with Gasteiger partial charge in [-0.1, -0.05) is 0 Å². The maximum Gasteiger partial charge on any atom is 0.178 e. The van der Waals surface area contributed by atoms with Crippen LogP contribution < -0.4 is 5.32 Å². The van der Waals surface area contributed by atoms with E-state index in [0.717, 1.165) is 19.6 Å². The number of benzene rings is 1. The second kappa shape index (κ2) is 5.66. The van der Waals surface area contributed by atoms with Gasteiger partial charge in [0.15, 0.2) is 9.84 Å². The van der Waals surface area contributed by atoms with Gasteiger partial charge in [0.1, 0.15) is 5.82 Å². The van der Waals surface area contributed by atoms with Crippen LogP contribution in [0.1, 0.15) is 31.4 Å². The Hall–Kier alpha value is -0.980. The summed E-state index contributed by atoms with van der Waals surface area (Å²) in [5.41, 5.74) is 0.563. The van der Waals surface area contributed by atoms with E-state index in [0.29, 0.717) is 17.9 Å². The van der Waals surface area contributed by atoms with E-state index in [-0.39, 0.29) is 22.8 Å². The molecule has 0 aliphatic carbocycles. The third kappa shape index (κ3) is 2.98. The lowest BCUT2D eigenvalue weighted by molar-refractivity contribution is 0.105. The molecular weight excluding hydrogens is 293 g/mol. The predicted octanol–water partition coefficient (Wildman–Crippen LogP) is 2.06. The molecule has 2 aliphatic heterocycles. The van der Waals surface area contributed by atoms with E-state index >= 15 is 0 Å². The van der Waals surface area contributed by atoms with Gasteiger partial charge in [0.2, 0.25) is 0 Å². The highest BCUT2D eigenvalue weighted by molar-refractivity contribution is 7.91. The Balaban J connectivity index is 1.80. The Kier molecular flexibility index (Phi) is 4.03. The van der Waals surface area contributed by atoms with Crippen molar-refractivity contribution in [1.29, 1.82) is 0 Å². The van der Waals surface area contributed by atoms with E-state index in [1.807, 2.05) is 0 Å². The minimum absolute atomic E-state index is 0.105. The van der Waals surface area contributed by atoms with Crippen LogP contribution in [0.4, 0.5) is 4.39 Å². The molecule has 3 rings (SSSR count). The minimum Gasteiger partial charge on any atom is -0.378 e. The average Bonchev–Trinajstić information content (AvgIpc) is 2.83. The van der Waals surface area contributed by atoms with Crippen LogP contribution in [0.3, 0.4) is 0 Å². The Morgan fingerprint density at radius 3 is 2.90 bits per heavy atom. The summed E-state index contributed by atoms with van der Waals surface area (Å²) in [4.78, 5) is 0.267. The van der Waals surface area contributed by atoms with Gasteiger partial charge in [0.25, 0.3) is 0 Å². The molecule has 0 bridgehead atoms. The van der Waals surface area contributed by atoms with Crippen LogP contribution in [0.5, 0.6) is 0 Å². The fraction of sp³-hybridized carbons (Fsp3) is 0.600. The number of hydrogen-bond acceptors (Lipinski definition) is 4. The molecule has 21 heavy (non-hydrogen) atoms. The quantitative estimate of drug-likeness (QED) is 0.868. The van der Waals surface area contributed by atoms with Crippen molar-refractivity contribution in [2.45, 2.75) is 36.8 Å². The molecule has 0 radical (unpaired) electrons. The highest BCUT2D eigenvalue weighted by Crippen LogP contribution is 2.33. The van der Waals surface area contributed by atoms with E-state index in [1.54, 1.807) is 0 Å². The van der Waals surface area contributed by atoms with E-state index < -0.39 is 15.7 Å². The first-order valence-electron chi connectivity index (χ1n) is 7.34. The molecule has 0 aromatic heterocycles. The number of fused-ring (bicyclic) bond motifs is 1. The summed E-state index contributed by atoms with van der Waals surface area (Å²) in [6.07, 6.45) is 1.72. The smallest absolute Gasteiger partial charge is 0.178 e. The van der Waals surface area contributed by atoms with Gasteiger partial charge in [0.05, 0.1) is 16.8 Å². The monoisotopic (exact) mass is 313 g/mol. The molecule has 0 saturated carbocycles. The van der Waals surface area contributed by atoms with Gasteiger partial charge < -0.3 is 10.1 Å². The third-order valence-corrected chi connectivity index (χ3v) is 6.33. The lowest BCUT2D eigenvalue weighted by Gasteiger charge is -2.28. The van der Waals surface area contributed by atoms with Crippen LogP contribution in [-0.4, -0.2) is 33.4 Å². The van der Waals surface area contributed by atoms with Gasteiger partial charge in [-0.25, -0.2) is 12.8 Å². The van der Waals surface area contributed by atoms with Crippen molar-refractivity contribution < 1.29 is 17.5 Å². The average molecular weight is 313 g/mol. The van der Waals surface area contributed by atoms with Crippen molar-refractivity contribution in [3.05, 3.63) is 29.6 Å². The molecule has 2 heterocycles. The van der Waals surface area contributed by atoms with Crippen LogP contribution in [0.2, 0.25) is 0 Å². The van der Waals surface area contributed by atoms with E-state index in [9.17, 15) is 12.8 Å². The molecule has 1 saturated heterocycles. The van der Waals surface area contributed by atoms with Crippen molar-refractivity contribution in [3.8, 4) is 0 Å². The van der Waals surface area contributed by atoms with Crippen LogP contribution in [-0.2, 0) is 14.6 Å². The Morgan fingerprint density at radius 2 is 2.19 bits per heavy atom. The van der Waals surface area contributed by atoms with Crippen LogP contribution in [0.15, 0.2) is 23.1 Å². The largest absolute Gasteiger partial charge is 0.378 e. The normalized spacial score (nSPS) is 31.0. The fourth-order valence-electron chi connectivity index (χ4n) is 3.16. The predicted molar refractivity (Wildman–Crippen MR) is 77.3 cm³/mol. The minimum atomic E-state index is -3.27. The van der Waals surface area contributed by atoms with E-state index in [1.165, 1.54) is 18.2 Å². The van der Waals surface area contributed by atoms with Gasteiger partial charge in [-0.15, -0.1) is 0 Å². The molecule has 1 fully saturated rings. The zero-order chi connectivity index (χ0) is 15.0. The topological polar surface area (TPSA) is 55.4 Å². The standard InChI is InChI=1S/C15H20FNO3S/c1-10-11(4-6-20-10)9-17-14-5-7-21(18,19)15-3-2-12(16)8-13(14)15/h2-3,8,10-11,14,17H,4-7,9H2,1H3. The van der Waals surface area contributed by atoms with Crippen LogP contribution >= 0.6 is 0 Å². The van der Waals surface area contributed by atoms with Crippen molar-refractivity contribution in [1.82, 2.24) is 5.32 Å². The first kappa shape index (κ1) is 14.9. The Bertz CT molecular complexity index is 632. The molecule has 1 aromatic carbocycles. The Labute approximate surface area is 124 Å². The molecule has 1 N–H and O–H groups in total. The molecule has 0 spiro atoms. The maximum atomic E-state index is 13.5. The summed E-state index contributed by atoms with van der Waals surface area (Å²) in [6.45, 7) is 3.60. The summed E-state index contributed by atoms with van der Waals surface area (Å²) < 4.78 is 43.2. The zero-order valence-electron chi connectivity index (χ0n) is 12.0. The number of rotatable bonds is 3. The first-order chi connectivity index (χ1) is 9.97. The molecule has 3 atom stereocenters. The molecule has 1 aromatic rings. The third-order valence-electron chi connectivity index (χ3n) is 4.52. The highest BCUT2D eigenvalue weighted by Gasteiger charge is 2.32. The second-order valence-corrected chi connectivity index (χ2v) is 7.95. The van der Waals surface area contributed by atoms with E-state index in [4.69, 9.17) is 4.74 Å². The van der Waals surface area contributed by atoms with E-state index in [2.05, 4.69) is 12.2 Å². The Morgan fingerprint density at radius 1 is 1.38 bits per heavy atom. The number of ether oxygens (including phenoxy) is 1. The summed E-state index contributed by atoms with van der Waals surface area (Å²) >= 11 is 0. The van der Waals surface area contributed by atoms with Crippen molar-refractivity contribution in [3.63, 3.8) is 0 Å². The number of halogens is 1. The van der Waals surface area contributed by atoms with Crippen LogP contribution in [0.25, 0.3) is 0 Å². The summed E-state index contributed by atoms with van der Waals surface area (Å²) in [7, 11) is -3.27. The fourth-order valence-corrected chi connectivity index (χ4v) is 4.76. The first-order valence-corrected chi connectivity index (χ1v) is 9.00. The molecule has 116 valence electrons. The number of sulfone groups is 1. The summed E-state index contributed by atoms with van der Waals surface area (Å²) in [6, 6.07) is 3.84. The lowest BCUT2D eigenvalue weighted by atomic mass is 9.99. The second-order valence-electron chi connectivity index (χ2n) is 5.88. The van der Waals surface area contributed by atoms with Crippen molar-refractivity contribution in [2.24, 2.45) is 5.92 Å². The maximum absolute atomic E-state index is 13.5. The molecule has 2 aliphatic rings.